The molecule has 0 spiro atoms. The van der Waals surface area contributed by atoms with Crippen molar-refractivity contribution in [1.29, 1.82) is 0 Å². The Morgan fingerprint density at radius 2 is 1.78 bits per heavy atom. The zero-order chi connectivity index (χ0) is 19.7. The van der Waals surface area contributed by atoms with Crippen LogP contribution >= 0.6 is 0 Å². The van der Waals surface area contributed by atoms with E-state index in [0.717, 1.165) is 12.8 Å². The van der Waals surface area contributed by atoms with Crippen molar-refractivity contribution in [3.8, 4) is 12.3 Å². The lowest BCUT2D eigenvalue weighted by molar-refractivity contribution is -0.229. The van der Waals surface area contributed by atoms with Gasteiger partial charge in [0.1, 0.15) is 0 Å². The third-order valence-electron chi connectivity index (χ3n) is 7.68. The van der Waals surface area contributed by atoms with E-state index < -0.39 is 11.8 Å². The summed E-state index contributed by atoms with van der Waals surface area (Å²) in [4.78, 5) is 12.0. The number of carbonyl (C=O) groups is 1. The van der Waals surface area contributed by atoms with Gasteiger partial charge in [-0.3, -0.25) is 0 Å². The van der Waals surface area contributed by atoms with Crippen LogP contribution in [0.15, 0.2) is 18.2 Å². The van der Waals surface area contributed by atoms with E-state index in [0.29, 0.717) is 12.3 Å². The summed E-state index contributed by atoms with van der Waals surface area (Å²) in [7, 11) is 1.64. The first kappa shape index (κ1) is 18.6. The molecule has 4 rings (SSSR count). The van der Waals surface area contributed by atoms with Crippen LogP contribution in [0.1, 0.15) is 76.5 Å². The van der Waals surface area contributed by atoms with Crippen molar-refractivity contribution in [1.82, 2.24) is 0 Å². The van der Waals surface area contributed by atoms with Crippen LogP contribution in [0.5, 0.6) is 0 Å². The highest BCUT2D eigenvalue weighted by Crippen LogP contribution is 2.70. The molecule has 0 radical (unpaired) electrons. The van der Waals surface area contributed by atoms with E-state index in [4.69, 9.17) is 15.9 Å². The van der Waals surface area contributed by atoms with Crippen LogP contribution in [0.2, 0.25) is 0 Å². The Bertz CT molecular complexity index is 844. The van der Waals surface area contributed by atoms with E-state index in [1.807, 2.05) is 0 Å². The molecule has 0 aromatic heterocycles. The Morgan fingerprint density at radius 3 is 2.37 bits per heavy atom. The molecule has 3 aliphatic rings. The zero-order valence-corrected chi connectivity index (χ0v) is 17.1. The average Bonchev–Trinajstić information content (AvgIpc) is 3.31. The number of carbonyl (C=O) groups excluding carboxylic acids is 1. The molecule has 1 aromatic carbocycles. The third-order valence-corrected chi connectivity index (χ3v) is 7.68. The van der Waals surface area contributed by atoms with Gasteiger partial charge in [0.25, 0.3) is 0 Å². The summed E-state index contributed by atoms with van der Waals surface area (Å²) in [5, 5.41) is 0. The molecule has 3 heteroatoms. The van der Waals surface area contributed by atoms with Crippen LogP contribution in [0.25, 0.3) is 0 Å². The lowest BCUT2D eigenvalue weighted by Crippen LogP contribution is -2.46. The molecule has 3 unspecified atom stereocenters. The van der Waals surface area contributed by atoms with Gasteiger partial charge in [-0.25, -0.2) is 4.79 Å². The molecule has 2 fully saturated rings. The number of methoxy groups -OCH3 is 1. The first-order valence-corrected chi connectivity index (χ1v) is 10.0. The van der Waals surface area contributed by atoms with Gasteiger partial charge in [0.15, 0.2) is 0 Å². The van der Waals surface area contributed by atoms with E-state index in [2.05, 4.69) is 51.8 Å². The van der Waals surface area contributed by atoms with Crippen LogP contribution in [0.3, 0.4) is 0 Å². The molecule has 0 N–H and O–H groups in total. The largest absolute Gasteiger partial charge is 0.422 e. The smallest absolute Gasteiger partial charge is 0.386 e. The van der Waals surface area contributed by atoms with Crippen LogP contribution in [0.4, 0.5) is 0 Å². The third kappa shape index (κ3) is 2.42. The predicted octanol–water partition coefficient (Wildman–Crippen LogP) is 4.61. The number of terminal acetylenes is 1. The molecule has 27 heavy (non-hydrogen) atoms. The SMILES string of the molecule is C#CC(=O)OC1(OC)CCC2CC21c1ccc2c(c1)C(C)(C)CCC2(C)C. The van der Waals surface area contributed by atoms with Gasteiger partial charge in [0.2, 0.25) is 5.79 Å². The second-order valence-corrected chi connectivity index (χ2v) is 9.93. The Kier molecular flexibility index (Phi) is 3.86. The van der Waals surface area contributed by atoms with Gasteiger partial charge in [-0.2, -0.15) is 0 Å². The maximum Gasteiger partial charge on any atom is 0.386 e. The monoisotopic (exact) mass is 366 g/mol. The van der Waals surface area contributed by atoms with Crippen molar-refractivity contribution in [3.63, 3.8) is 0 Å². The van der Waals surface area contributed by atoms with Crippen molar-refractivity contribution < 1.29 is 14.3 Å². The van der Waals surface area contributed by atoms with Crippen molar-refractivity contribution >= 4 is 5.97 Å². The molecule has 1 aromatic rings. The molecular weight excluding hydrogens is 336 g/mol. The Balaban J connectivity index is 1.83. The fourth-order valence-electron chi connectivity index (χ4n) is 5.82. The van der Waals surface area contributed by atoms with Crippen LogP contribution < -0.4 is 0 Å². The minimum Gasteiger partial charge on any atom is -0.422 e. The fraction of sp³-hybridized carbons (Fsp3) is 0.625. The summed E-state index contributed by atoms with van der Waals surface area (Å²) in [6, 6.07) is 6.92. The highest BCUT2D eigenvalue weighted by Gasteiger charge is 2.74. The lowest BCUT2D eigenvalue weighted by Gasteiger charge is -2.43. The van der Waals surface area contributed by atoms with Crippen molar-refractivity contribution in [2.75, 3.05) is 7.11 Å². The number of esters is 1. The Morgan fingerprint density at radius 1 is 1.11 bits per heavy atom. The number of fused-ring (bicyclic) bond motifs is 2. The Labute approximate surface area is 162 Å². The summed E-state index contributed by atoms with van der Waals surface area (Å²) < 4.78 is 11.6. The Hall–Kier alpha value is -1.79. The molecule has 0 amide bonds. The fourth-order valence-corrected chi connectivity index (χ4v) is 5.82. The predicted molar refractivity (Wildman–Crippen MR) is 105 cm³/mol. The summed E-state index contributed by atoms with van der Waals surface area (Å²) in [6.45, 7) is 9.35. The molecule has 3 atom stereocenters. The van der Waals surface area contributed by atoms with Crippen LogP contribution in [-0.4, -0.2) is 18.9 Å². The number of hydrogen-bond donors (Lipinski definition) is 0. The standard InChI is InChI=1S/C24H30O3/c1-7-20(25)27-24(26-6)11-10-17-15-23(17,24)16-8-9-18-19(14-16)22(4,5)13-12-21(18,2)3/h1,8-9,14,17H,10-13,15H2,2-6H3. The minimum absolute atomic E-state index is 0.145. The van der Waals surface area contributed by atoms with Gasteiger partial charge in [-0.15, -0.1) is 6.42 Å². The topological polar surface area (TPSA) is 35.5 Å². The molecule has 3 aliphatic carbocycles. The van der Waals surface area contributed by atoms with Crippen molar-refractivity contribution in [2.45, 2.75) is 81.8 Å². The molecule has 144 valence electrons. The molecule has 0 aliphatic heterocycles. The molecule has 0 saturated heterocycles. The van der Waals surface area contributed by atoms with E-state index >= 15 is 0 Å². The molecular formula is C24H30O3. The highest BCUT2D eigenvalue weighted by atomic mass is 16.7. The zero-order valence-electron chi connectivity index (χ0n) is 17.1. The van der Waals surface area contributed by atoms with Gasteiger partial charge in [-0.1, -0.05) is 45.9 Å². The second-order valence-electron chi connectivity index (χ2n) is 9.93. The molecule has 2 saturated carbocycles. The molecule has 3 nitrogen and oxygen atoms in total. The van der Waals surface area contributed by atoms with Crippen LogP contribution in [-0.2, 0) is 30.5 Å². The normalized spacial score (nSPS) is 34.9. The van der Waals surface area contributed by atoms with E-state index in [1.54, 1.807) is 7.11 Å². The first-order valence-electron chi connectivity index (χ1n) is 10.0. The quantitative estimate of drug-likeness (QED) is 0.339. The number of ether oxygens (including phenoxy) is 2. The summed E-state index contributed by atoms with van der Waals surface area (Å²) in [6.07, 6.45) is 10.3. The van der Waals surface area contributed by atoms with E-state index in [-0.39, 0.29) is 16.2 Å². The maximum atomic E-state index is 12.0. The van der Waals surface area contributed by atoms with Gasteiger partial charge in [0.05, 0.1) is 5.41 Å². The van der Waals surface area contributed by atoms with Gasteiger partial charge in [-0.05, 0) is 59.1 Å². The van der Waals surface area contributed by atoms with Crippen LogP contribution in [0, 0.1) is 18.3 Å². The molecule has 0 heterocycles. The van der Waals surface area contributed by atoms with Crippen molar-refractivity contribution in [2.24, 2.45) is 5.92 Å². The van der Waals surface area contributed by atoms with Gasteiger partial charge >= 0.3 is 5.97 Å². The van der Waals surface area contributed by atoms with E-state index in [1.165, 1.54) is 29.5 Å². The lowest BCUT2D eigenvalue weighted by atomic mass is 9.62. The summed E-state index contributed by atoms with van der Waals surface area (Å²) >= 11 is 0. The van der Waals surface area contributed by atoms with Crippen molar-refractivity contribution in [3.05, 3.63) is 34.9 Å². The summed E-state index contributed by atoms with van der Waals surface area (Å²) in [5.41, 5.74) is 4.18. The summed E-state index contributed by atoms with van der Waals surface area (Å²) in [5.74, 6) is 1.00. The highest BCUT2D eigenvalue weighted by molar-refractivity contribution is 5.88. The number of rotatable bonds is 3. The van der Waals surface area contributed by atoms with Gasteiger partial charge in [0, 0.05) is 19.5 Å². The molecule has 0 bridgehead atoms. The minimum atomic E-state index is -0.941. The number of benzene rings is 1. The van der Waals surface area contributed by atoms with E-state index in [9.17, 15) is 4.79 Å². The van der Waals surface area contributed by atoms with Gasteiger partial charge < -0.3 is 9.47 Å². The average molecular weight is 367 g/mol. The number of hydrogen-bond acceptors (Lipinski definition) is 3. The second kappa shape index (κ2) is 5.61. The maximum absolute atomic E-state index is 12.0. The first-order chi connectivity index (χ1) is 12.6.